The maximum Gasteiger partial charge on any atom is 0.250 e. The Morgan fingerprint density at radius 1 is 1.06 bits per heavy atom. The lowest BCUT2D eigenvalue weighted by atomic mass is 9.97. The molecule has 3 atom stereocenters. The quantitative estimate of drug-likeness (QED) is 0.392. The zero-order valence-corrected chi connectivity index (χ0v) is 20.7. The van der Waals surface area contributed by atoms with Gasteiger partial charge in [-0.1, -0.05) is 84.0 Å². The standard InChI is InChI=1S/C30H34N2O4/c1-2-35-29(30(34)31-28(21-33)24-13-7-4-8-14-24)19-23-12-9-15-25(18-23)27-20-26(36-32-27)17-16-22-10-5-3-6-11-22/h3-15,18,26,28-29,33H,2,16-17,19-21H2,1H3,(H,31,34)/t26?,28-,29-/m0/s1. The molecule has 0 fully saturated rings. The number of hydrogen-bond acceptors (Lipinski definition) is 5. The van der Waals surface area contributed by atoms with Crippen molar-refractivity contribution in [2.24, 2.45) is 5.16 Å². The lowest BCUT2D eigenvalue weighted by Crippen LogP contribution is -2.41. The second-order valence-corrected chi connectivity index (χ2v) is 9.00. The van der Waals surface area contributed by atoms with E-state index in [2.05, 4.69) is 40.8 Å². The zero-order valence-electron chi connectivity index (χ0n) is 20.7. The molecule has 6 heteroatoms. The molecule has 1 heterocycles. The highest BCUT2D eigenvalue weighted by Crippen LogP contribution is 2.22. The van der Waals surface area contributed by atoms with Crippen LogP contribution in [0.3, 0.4) is 0 Å². The van der Waals surface area contributed by atoms with E-state index in [-0.39, 0.29) is 18.6 Å². The molecule has 4 rings (SSSR count). The molecular formula is C30H34N2O4. The van der Waals surface area contributed by atoms with Gasteiger partial charge < -0.3 is 20.0 Å². The van der Waals surface area contributed by atoms with Crippen molar-refractivity contribution >= 4 is 11.6 Å². The maximum absolute atomic E-state index is 13.1. The minimum atomic E-state index is -0.664. The first-order chi connectivity index (χ1) is 17.7. The van der Waals surface area contributed by atoms with Crippen molar-refractivity contribution in [2.45, 2.75) is 50.9 Å². The van der Waals surface area contributed by atoms with Crippen LogP contribution in [-0.4, -0.2) is 42.1 Å². The van der Waals surface area contributed by atoms with Crippen LogP contribution in [0.2, 0.25) is 0 Å². The van der Waals surface area contributed by atoms with Crippen LogP contribution < -0.4 is 5.32 Å². The summed E-state index contributed by atoms with van der Waals surface area (Å²) in [5.74, 6) is -0.243. The number of nitrogens with one attached hydrogen (secondary N) is 1. The van der Waals surface area contributed by atoms with Gasteiger partial charge in [-0.25, -0.2) is 0 Å². The number of hydrogen-bond donors (Lipinski definition) is 2. The normalized spacial score (nSPS) is 16.6. The van der Waals surface area contributed by atoms with Crippen molar-refractivity contribution in [3.05, 3.63) is 107 Å². The second-order valence-electron chi connectivity index (χ2n) is 9.00. The third-order valence-corrected chi connectivity index (χ3v) is 6.37. The summed E-state index contributed by atoms with van der Waals surface area (Å²) in [5, 5.41) is 17.1. The van der Waals surface area contributed by atoms with Gasteiger partial charge in [0.25, 0.3) is 0 Å². The summed E-state index contributed by atoms with van der Waals surface area (Å²) in [4.78, 5) is 18.8. The fourth-order valence-corrected chi connectivity index (χ4v) is 4.43. The van der Waals surface area contributed by atoms with E-state index in [0.29, 0.717) is 13.0 Å². The van der Waals surface area contributed by atoms with Crippen LogP contribution >= 0.6 is 0 Å². The molecule has 1 aliphatic rings. The predicted molar refractivity (Wildman–Crippen MR) is 141 cm³/mol. The van der Waals surface area contributed by atoms with Gasteiger partial charge in [0.05, 0.1) is 18.4 Å². The molecule has 0 saturated carbocycles. The molecular weight excluding hydrogens is 452 g/mol. The first-order valence-corrected chi connectivity index (χ1v) is 12.6. The van der Waals surface area contributed by atoms with Gasteiger partial charge in [-0.2, -0.15) is 0 Å². The first kappa shape index (κ1) is 25.6. The monoisotopic (exact) mass is 486 g/mol. The Labute approximate surface area is 213 Å². The van der Waals surface area contributed by atoms with Gasteiger partial charge in [-0.15, -0.1) is 0 Å². The molecule has 0 bridgehead atoms. The number of aliphatic hydroxyl groups is 1. The van der Waals surface area contributed by atoms with Crippen LogP contribution in [0.5, 0.6) is 0 Å². The second kappa shape index (κ2) is 13.0. The fraction of sp³-hybridized carbons (Fsp3) is 0.333. The SMILES string of the molecule is CCO[C@@H](Cc1cccc(C2=NOC(CCc3ccccc3)C2)c1)C(=O)N[C@@H](CO)c1ccccc1. The van der Waals surface area contributed by atoms with E-state index in [1.165, 1.54) is 5.56 Å². The average Bonchev–Trinajstić information content (AvgIpc) is 3.41. The highest BCUT2D eigenvalue weighted by Gasteiger charge is 2.25. The summed E-state index contributed by atoms with van der Waals surface area (Å²) >= 11 is 0. The number of carbonyl (C=O) groups excluding carboxylic acids is 1. The lowest BCUT2D eigenvalue weighted by molar-refractivity contribution is -0.133. The Morgan fingerprint density at radius 3 is 2.50 bits per heavy atom. The predicted octanol–water partition coefficient (Wildman–Crippen LogP) is 4.61. The van der Waals surface area contributed by atoms with E-state index >= 15 is 0 Å². The van der Waals surface area contributed by atoms with Crippen molar-refractivity contribution in [2.75, 3.05) is 13.2 Å². The first-order valence-electron chi connectivity index (χ1n) is 12.6. The smallest absolute Gasteiger partial charge is 0.250 e. The molecule has 0 saturated heterocycles. The lowest BCUT2D eigenvalue weighted by Gasteiger charge is -2.22. The van der Waals surface area contributed by atoms with E-state index in [1.807, 2.05) is 61.5 Å². The molecule has 0 aromatic heterocycles. The molecule has 3 aromatic carbocycles. The summed E-state index contributed by atoms with van der Waals surface area (Å²) in [7, 11) is 0. The van der Waals surface area contributed by atoms with Crippen molar-refractivity contribution in [3.8, 4) is 0 Å². The topological polar surface area (TPSA) is 80.2 Å². The number of benzene rings is 3. The number of nitrogens with zero attached hydrogens (tertiary/aromatic N) is 1. The zero-order chi connectivity index (χ0) is 25.2. The molecule has 0 radical (unpaired) electrons. The van der Waals surface area contributed by atoms with Gasteiger partial charge in [0.2, 0.25) is 5.91 Å². The Kier molecular flexibility index (Phi) is 9.25. The number of aliphatic hydroxyl groups excluding tert-OH is 1. The van der Waals surface area contributed by atoms with Crippen molar-refractivity contribution in [1.29, 1.82) is 0 Å². The molecule has 6 nitrogen and oxygen atoms in total. The van der Waals surface area contributed by atoms with E-state index in [0.717, 1.165) is 41.7 Å². The molecule has 1 aliphatic heterocycles. The maximum atomic E-state index is 13.1. The van der Waals surface area contributed by atoms with Crippen LogP contribution in [0.1, 0.15) is 48.1 Å². The van der Waals surface area contributed by atoms with Crippen molar-refractivity contribution in [3.63, 3.8) is 0 Å². The van der Waals surface area contributed by atoms with Crippen LogP contribution in [0.25, 0.3) is 0 Å². The largest absolute Gasteiger partial charge is 0.394 e. The third kappa shape index (κ3) is 7.03. The van der Waals surface area contributed by atoms with Crippen LogP contribution in [0.15, 0.2) is 90.1 Å². The van der Waals surface area contributed by atoms with Gasteiger partial charge in [-0.3, -0.25) is 4.79 Å². The van der Waals surface area contributed by atoms with Gasteiger partial charge in [0.15, 0.2) is 0 Å². The summed E-state index contributed by atoms with van der Waals surface area (Å²) in [5.41, 5.74) is 5.07. The summed E-state index contributed by atoms with van der Waals surface area (Å²) in [6.45, 7) is 2.10. The van der Waals surface area contributed by atoms with Gasteiger partial charge in [0, 0.05) is 19.4 Å². The fourth-order valence-electron chi connectivity index (χ4n) is 4.43. The number of ether oxygens (including phenoxy) is 1. The van der Waals surface area contributed by atoms with E-state index in [1.54, 1.807) is 0 Å². The highest BCUT2D eigenvalue weighted by atomic mass is 16.6. The number of oxime groups is 1. The van der Waals surface area contributed by atoms with Crippen LogP contribution in [0, 0.1) is 0 Å². The number of carbonyl (C=O) groups is 1. The highest BCUT2D eigenvalue weighted by molar-refractivity contribution is 6.01. The summed E-state index contributed by atoms with van der Waals surface area (Å²) < 4.78 is 5.80. The molecule has 1 amide bonds. The van der Waals surface area contributed by atoms with Gasteiger partial charge in [-0.05, 0) is 48.1 Å². The number of amides is 1. The molecule has 3 aromatic rings. The molecule has 0 spiro atoms. The number of aryl methyl sites for hydroxylation is 1. The van der Waals surface area contributed by atoms with Crippen molar-refractivity contribution < 1.29 is 19.5 Å². The van der Waals surface area contributed by atoms with E-state index < -0.39 is 12.1 Å². The average molecular weight is 487 g/mol. The summed E-state index contributed by atoms with van der Waals surface area (Å²) in [6, 6.07) is 27.4. The molecule has 2 N–H and O–H groups in total. The Hall–Kier alpha value is -3.48. The van der Waals surface area contributed by atoms with E-state index in [9.17, 15) is 9.90 Å². The van der Waals surface area contributed by atoms with Crippen molar-refractivity contribution in [1.82, 2.24) is 5.32 Å². The van der Waals surface area contributed by atoms with Gasteiger partial charge >= 0.3 is 0 Å². The van der Waals surface area contributed by atoms with Crippen LogP contribution in [0.4, 0.5) is 0 Å². The molecule has 0 aliphatic carbocycles. The Bertz CT molecular complexity index is 1130. The molecule has 188 valence electrons. The third-order valence-electron chi connectivity index (χ3n) is 6.37. The van der Waals surface area contributed by atoms with E-state index in [4.69, 9.17) is 9.57 Å². The van der Waals surface area contributed by atoms with Crippen LogP contribution in [-0.2, 0) is 27.2 Å². The molecule has 36 heavy (non-hydrogen) atoms. The Morgan fingerprint density at radius 2 is 1.78 bits per heavy atom. The molecule has 1 unspecified atom stereocenters. The number of rotatable bonds is 12. The Balaban J connectivity index is 1.36. The summed E-state index contributed by atoms with van der Waals surface area (Å²) in [6.07, 6.45) is 2.46. The minimum Gasteiger partial charge on any atom is -0.394 e. The van der Waals surface area contributed by atoms with Gasteiger partial charge in [0.1, 0.15) is 12.2 Å². The minimum absolute atomic E-state index is 0.0687.